The molecule has 1 aliphatic heterocycles. The molecular weight excluding hydrogens is 409 g/mol. The molecule has 0 radical (unpaired) electrons. The number of rotatable bonds is 4. The van der Waals surface area contributed by atoms with Crippen LogP contribution in [-0.4, -0.2) is 43.6 Å². The van der Waals surface area contributed by atoms with Crippen LogP contribution in [0.4, 0.5) is 13.2 Å². The molecule has 3 rings (SSSR count). The maximum absolute atomic E-state index is 12.8. The fraction of sp³-hybridized carbons (Fsp3) is 0.409. The van der Waals surface area contributed by atoms with Crippen molar-refractivity contribution in [2.45, 2.75) is 31.6 Å². The lowest BCUT2D eigenvalue weighted by Crippen LogP contribution is -2.48. The second kappa shape index (κ2) is 10.5. The van der Waals surface area contributed by atoms with Crippen molar-refractivity contribution in [3.05, 3.63) is 57.8 Å². The summed E-state index contributed by atoms with van der Waals surface area (Å²) in [6.45, 7) is 3.35. The minimum Gasteiger partial charge on any atom is -0.354 e. The summed E-state index contributed by atoms with van der Waals surface area (Å²) in [6, 6.07) is 7.54. The highest BCUT2D eigenvalue weighted by Crippen LogP contribution is 2.29. The van der Waals surface area contributed by atoms with Gasteiger partial charge in [0.15, 0.2) is 5.96 Å². The van der Waals surface area contributed by atoms with Crippen molar-refractivity contribution in [3.63, 3.8) is 0 Å². The van der Waals surface area contributed by atoms with E-state index in [0.29, 0.717) is 24.1 Å². The Labute approximate surface area is 179 Å². The molecule has 0 atom stereocenters. The Morgan fingerprint density at radius 3 is 2.73 bits per heavy atom. The van der Waals surface area contributed by atoms with E-state index in [9.17, 15) is 13.2 Å². The van der Waals surface area contributed by atoms with E-state index < -0.39 is 11.7 Å². The standard InChI is InChI=1S/C22H25F3N4S/c1-26-21(27-10-3-5-17-4-2-6-19(14-17)22(23,24)25)28-20-7-11-29(12-8-20)15-18-9-13-30-16-18/h2,4,6,9,13-14,16,20H,7-8,10-12,15H2,1H3,(H2,26,27,28). The van der Waals surface area contributed by atoms with Crippen LogP contribution >= 0.6 is 11.3 Å². The van der Waals surface area contributed by atoms with Gasteiger partial charge < -0.3 is 10.6 Å². The number of alkyl halides is 3. The number of piperidine rings is 1. The fourth-order valence-corrected chi connectivity index (χ4v) is 3.97. The molecule has 2 N–H and O–H groups in total. The highest BCUT2D eigenvalue weighted by Gasteiger charge is 2.30. The van der Waals surface area contributed by atoms with Gasteiger partial charge in [-0.3, -0.25) is 9.89 Å². The molecule has 1 aliphatic rings. The van der Waals surface area contributed by atoms with Crippen LogP contribution < -0.4 is 10.6 Å². The molecule has 0 amide bonds. The van der Waals surface area contributed by atoms with E-state index in [0.717, 1.165) is 44.6 Å². The first-order valence-electron chi connectivity index (χ1n) is 9.81. The van der Waals surface area contributed by atoms with Gasteiger partial charge in [-0.2, -0.15) is 24.5 Å². The highest BCUT2D eigenvalue weighted by atomic mass is 32.1. The van der Waals surface area contributed by atoms with E-state index >= 15 is 0 Å². The second-order valence-electron chi connectivity index (χ2n) is 7.13. The topological polar surface area (TPSA) is 39.7 Å². The molecule has 8 heteroatoms. The summed E-state index contributed by atoms with van der Waals surface area (Å²) in [7, 11) is 1.70. The van der Waals surface area contributed by atoms with Gasteiger partial charge in [0.1, 0.15) is 0 Å². The molecule has 1 aromatic heterocycles. The molecule has 4 nitrogen and oxygen atoms in total. The number of nitrogens with zero attached hydrogens (tertiary/aromatic N) is 2. The van der Waals surface area contributed by atoms with Crippen LogP contribution in [-0.2, 0) is 12.7 Å². The van der Waals surface area contributed by atoms with Gasteiger partial charge in [-0.25, -0.2) is 0 Å². The predicted octanol–water partition coefficient (Wildman–Crippen LogP) is 3.95. The van der Waals surface area contributed by atoms with Crippen LogP contribution in [0.25, 0.3) is 0 Å². The summed E-state index contributed by atoms with van der Waals surface area (Å²) >= 11 is 1.73. The van der Waals surface area contributed by atoms with Gasteiger partial charge in [-0.05, 0) is 53.4 Å². The summed E-state index contributed by atoms with van der Waals surface area (Å²) in [5.41, 5.74) is 1.01. The number of aliphatic imine (C=N–C) groups is 1. The Morgan fingerprint density at radius 1 is 1.27 bits per heavy atom. The van der Waals surface area contributed by atoms with Crippen molar-refractivity contribution in [2.24, 2.45) is 4.99 Å². The van der Waals surface area contributed by atoms with Crippen molar-refractivity contribution >= 4 is 17.3 Å². The van der Waals surface area contributed by atoms with Crippen molar-refractivity contribution < 1.29 is 13.2 Å². The average Bonchev–Trinajstić information content (AvgIpc) is 3.24. The molecule has 0 unspecified atom stereocenters. The predicted molar refractivity (Wildman–Crippen MR) is 115 cm³/mol. The van der Waals surface area contributed by atoms with Crippen molar-refractivity contribution in [1.29, 1.82) is 0 Å². The summed E-state index contributed by atoms with van der Waals surface area (Å²) in [4.78, 5) is 6.67. The molecule has 2 heterocycles. The average molecular weight is 435 g/mol. The van der Waals surface area contributed by atoms with Gasteiger partial charge in [0.25, 0.3) is 0 Å². The largest absolute Gasteiger partial charge is 0.416 e. The molecule has 160 valence electrons. The number of halogens is 3. The van der Waals surface area contributed by atoms with Crippen LogP contribution in [0.3, 0.4) is 0 Å². The van der Waals surface area contributed by atoms with Gasteiger partial charge in [-0.1, -0.05) is 17.9 Å². The zero-order valence-corrected chi connectivity index (χ0v) is 17.6. The molecule has 2 aromatic rings. The molecule has 0 spiro atoms. The Bertz CT molecular complexity index is 889. The van der Waals surface area contributed by atoms with Crippen LogP contribution in [0.15, 0.2) is 46.1 Å². The molecule has 1 fully saturated rings. The van der Waals surface area contributed by atoms with Gasteiger partial charge in [0, 0.05) is 38.3 Å². The van der Waals surface area contributed by atoms with Gasteiger partial charge in [0.05, 0.1) is 12.1 Å². The van der Waals surface area contributed by atoms with E-state index in [1.54, 1.807) is 24.5 Å². The second-order valence-corrected chi connectivity index (χ2v) is 7.91. The van der Waals surface area contributed by atoms with E-state index in [4.69, 9.17) is 0 Å². The van der Waals surface area contributed by atoms with E-state index in [1.165, 1.54) is 11.6 Å². The Morgan fingerprint density at radius 2 is 2.07 bits per heavy atom. The Balaban J connectivity index is 1.42. The number of hydrogen-bond acceptors (Lipinski definition) is 3. The highest BCUT2D eigenvalue weighted by molar-refractivity contribution is 7.07. The zero-order valence-electron chi connectivity index (χ0n) is 16.8. The molecule has 30 heavy (non-hydrogen) atoms. The van der Waals surface area contributed by atoms with Crippen LogP contribution in [0.1, 0.15) is 29.5 Å². The van der Waals surface area contributed by atoms with Crippen LogP contribution in [0.5, 0.6) is 0 Å². The van der Waals surface area contributed by atoms with Gasteiger partial charge in [-0.15, -0.1) is 0 Å². The van der Waals surface area contributed by atoms with Crippen molar-refractivity contribution in [3.8, 4) is 11.8 Å². The van der Waals surface area contributed by atoms with Crippen molar-refractivity contribution in [2.75, 3.05) is 26.7 Å². The summed E-state index contributed by atoms with van der Waals surface area (Å²) < 4.78 is 38.3. The third-order valence-electron chi connectivity index (χ3n) is 4.91. The number of thiophene rings is 1. The molecule has 0 bridgehead atoms. The van der Waals surface area contributed by atoms with Crippen LogP contribution in [0.2, 0.25) is 0 Å². The maximum atomic E-state index is 12.8. The minimum atomic E-state index is -4.36. The minimum absolute atomic E-state index is 0.299. The number of nitrogens with one attached hydrogen (secondary N) is 2. The molecule has 1 aromatic carbocycles. The van der Waals surface area contributed by atoms with Gasteiger partial charge in [0.2, 0.25) is 0 Å². The Hall–Kier alpha value is -2.50. The van der Waals surface area contributed by atoms with E-state index in [2.05, 4.69) is 49.2 Å². The Kier molecular flexibility index (Phi) is 7.77. The smallest absolute Gasteiger partial charge is 0.354 e. The molecule has 1 saturated heterocycles. The number of hydrogen-bond donors (Lipinski definition) is 2. The summed E-state index contributed by atoms with van der Waals surface area (Å²) in [5, 5.41) is 10.8. The molecular formula is C22H25F3N4S. The normalized spacial score (nSPS) is 16.1. The third-order valence-corrected chi connectivity index (χ3v) is 5.64. The first kappa shape index (κ1) is 22.2. The zero-order chi connectivity index (χ0) is 21.4. The fourth-order valence-electron chi connectivity index (χ4n) is 3.31. The number of benzene rings is 1. The monoisotopic (exact) mass is 434 g/mol. The third kappa shape index (κ3) is 6.78. The summed E-state index contributed by atoms with van der Waals surface area (Å²) in [5.74, 6) is 6.28. The lowest BCUT2D eigenvalue weighted by Gasteiger charge is -2.32. The lowest BCUT2D eigenvalue weighted by atomic mass is 10.0. The quantitative estimate of drug-likeness (QED) is 0.435. The molecule has 0 aliphatic carbocycles. The SMILES string of the molecule is CN=C(NCC#Cc1cccc(C(F)(F)F)c1)NC1CCN(Cc2ccsc2)CC1. The number of guanidine groups is 1. The van der Waals surface area contributed by atoms with Gasteiger partial charge >= 0.3 is 6.18 Å². The summed E-state index contributed by atoms with van der Waals surface area (Å²) in [6.07, 6.45) is -2.30. The lowest BCUT2D eigenvalue weighted by molar-refractivity contribution is -0.137. The number of likely N-dealkylation sites (tertiary alicyclic amines) is 1. The van der Waals surface area contributed by atoms with Crippen molar-refractivity contribution in [1.82, 2.24) is 15.5 Å². The van der Waals surface area contributed by atoms with Crippen LogP contribution in [0, 0.1) is 11.8 Å². The molecule has 0 saturated carbocycles. The van der Waals surface area contributed by atoms with E-state index in [-0.39, 0.29) is 0 Å². The maximum Gasteiger partial charge on any atom is 0.416 e. The first-order chi connectivity index (χ1) is 14.4. The first-order valence-corrected chi connectivity index (χ1v) is 10.7. The van der Waals surface area contributed by atoms with E-state index in [1.807, 2.05) is 0 Å².